The van der Waals surface area contributed by atoms with Crippen LogP contribution in [0, 0.1) is 17.7 Å². The minimum absolute atomic E-state index is 0.0985. The number of thiazole rings is 1. The van der Waals surface area contributed by atoms with Crippen LogP contribution in [0.5, 0.6) is 0 Å². The Labute approximate surface area is 272 Å². The first-order valence-corrected chi connectivity index (χ1v) is 15.6. The van der Waals surface area contributed by atoms with E-state index in [0.29, 0.717) is 60.4 Å². The number of hydrogen-bond donors (Lipinski definition) is 2. The Hall–Kier alpha value is -4.77. The van der Waals surface area contributed by atoms with Gasteiger partial charge in [-0.3, -0.25) is 9.89 Å². The minimum Gasteiger partial charge on any atom is -0.478 e. The average molecular weight is 663 g/mol. The molecule has 2 N–H and O–H groups in total. The van der Waals surface area contributed by atoms with Gasteiger partial charge < -0.3 is 25.0 Å². The number of hydrogen-bond acceptors (Lipinski definition) is 9. The van der Waals surface area contributed by atoms with Crippen LogP contribution in [0.25, 0.3) is 0 Å². The van der Waals surface area contributed by atoms with E-state index in [4.69, 9.17) is 21.3 Å². The number of aliphatic imine (C=N–C) groups is 1. The van der Waals surface area contributed by atoms with Crippen LogP contribution in [-0.4, -0.2) is 101 Å². The van der Waals surface area contributed by atoms with Crippen LogP contribution in [0.1, 0.15) is 32.5 Å². The maximum absolute atomic E-state index is 14.0. The van der Waals surface area contributed by atoms with Crippen molar-refractivity contribution >= 4 is 46.7 Å². The lowest BCUT2D eigenvalue weighted by molar-refractivity contribution is -0.136. The Bertz CT molecular complexity index is 1820. The van der Waals surface area contributed by atoms with Gasteiger partial charge in [0.25, 0.3) is 0 Å². The number of carboxylic acids is 1. The van der Waals surface area contributed by atoms with Crippen molar-refractivity contribution in [1.82, 2.24) is 25.0 Å². The average Bonchev–Trinajstić information content (AvgIpc) is 3.69. The van der Waals surface area contributed by atoms with Crippen LogP contribution in [0.15, 0.2) is 70.3 Å². The van der Waals surface area contributed by atoms with Gasteiger partial charge in [-0.15, -0.1) is 11.3 Å². The highest BCUT2D eigenvalue weighted by Crippen LogP contribution is 2.37. The second-order valence-electron chi connectivity index (χ2n) is 10.8. The van der Waals surface area contributed by atoms with Crippen molar-refractivity contribution in [2.45, 2.75) is 12.1 Å². The Morgan fingerprint density at radius 1 is 1.22 bits per heavy atom. The summed E-state index contributed by atoms with van der Waals surface area (Å²) in [5.74, 6) is 4.28. The van der Waals surface area contributed by atoms with Crippen molar-refractivity contribution in [3.63, 3.8) is 0 Å². The second kappa shape index (κ2) is 13.3. The van der Waals surface area contributed by atoms with Gasteiger partial charge in [-0.2, -0.15) is 0 Å². The minimum atomic E-state index is -1.03. The summed E-state index contributed by atoms with van der Waals surface area (Å²) in [4.78, 5) is 52.5. The molecule has 46 heavy (non-hydrogen) atoms. The maximum Gasteiger partial charge on any atom is 0.338 e. The molecule has 2 saturated heterocycles. The second-order valence-corrected chi connectivity index (χ2v) is 12.1. The quantitative estimate of drug-likeness (QED) is 0.290. The van der Waals surface area contributed by atoms with Crippen molar-refractivity contribution in [3.8, 4) is 11.8 Å². The van der Waals surface area contributed by atoms with Gasteiger partial charge >= 0.3 is 18.0 Å². The van der Waals surface area contributed by atoms with Gasteiger partial charge in [0.05, 0.1) is 30.8 Å². The standard InChI is InChI=1S/C32H28ClFN6O5S/c1-45-31(43)26-25(36-28(29-35-9-13-46-29)37-27(26)23-8-7-21(34)15-24(23)33)18-38-11-12-40-22(16-38)17-39(32(40)44)10-3-5-19-4-2-6-20(14-19)30(41)42/h2,4,6-9,13-15,22,27H,10-12,16-18H2,1H3,(H,36,37)(H,41,42)/t22-,27-/m0/s1. The molecule has 2 fully saturated rings. The van der Waals surface area contributed by atoms with E-state index in [9.17, 15) is 23.9 Å². The van der Waals surface area contributed by atoms with Crippen molar-refractivity contribution < 1.29 is 28.6 Å². The molecule has 3 aromatic rings. The molecule has 2 atom stereocenters. The Kier molecular flexibility index (Phi) is 9.03. The maximum atomic E-state index is 14.0. The molecule has 236 valence electrons. The van der Waals surface area contributed by atoms with Crippen molar-refractivity contribution in [2.24, 2.45) is 4.99 Å². The zero-order valence-corrected chi connectivity index (χ0v) is 26.1. The first-order chi connectivity index (χ1) is 22.2. The number of nitrogens with zero attached hydrogens (tertiary/aromatic N) is 5. The summed E-state index contributed by atoms with van der Waals surface area (Å²) in [6, 6.07) is 9.26. The third-order valence-electron chi connectivity index (χ3n) is 7.93. The van der Waals surface area contributed by atoms with Crippen LogP contribution >= 0.6 is 22.9 Å². The van der Waals surface area contributed by atoms with Crippen molar-refractivity contribution in [2.75, 3.05) is 46.4 Å². The molecule has 2 aromatic carbocycles. The number of halogens is 2. The number of piperazine rings is 1. The number of carbonyl (C=O) groups is 3. The smallest absolute Gasteiger partial charge is 0.338 e. The van der Waals surface area contributed by atoms with E-state index in [1.807, 2.05) is 10.3 Å². The largest absolute Gasteiger partial charge is 0.478 e. The lowest BCUT2D eigenvalue weighted by Crippen LogP contribution is -2.53. The van der Waals surface area contributed by atoms with Gasteiger partial charge in [0, 0.05) is 66.1 Å². The topological polar surface area (TPSA) is 128 Å². The Morgan fingerprint density at radius 3 is 2.80 bits per heavy atom. The summed E-state index contributed by atoms with van der Waals surface area (Å²) in [6.45, 7) is 2.57. The summed E-state index contributed by atoms with van der Waals surface area (Å²) in [7, 11) is 1.29. The Balaban J connectivity index is 1.21. The zero-order valence-electron chi connectivity index (χ0n) is 24.6. The zero-order chi connectivity index (χ0) is 32.4. The number of amides is 2. The number of esters is 1. The number of urea groups is 1. The van der Waals surface area contributed by atoms with Gasteiger partial charge in [-0.25, -0.2) is 23.8 Å². The number of carbonyl (C=O) groups excluding carboxylic acids is 2. The highest BCUT2D eigenvalue weighted by Gasteiger charge is 2.41. The number of fused-ring (bicyclic) bond motifs is 1. The van der Waals surface area contributed by atoms with Crippen LogP contribution < -0.4 is 5.32 Å². The molecule has 0 bridgehead atoms. The van der Waals surface area contributed by atoms with Crippen LogP contribution in [0.4, 0.5) is 9.18 Å². The molecule has 14 heteroatoms. The number of benzene rings is 2. The molecule has 3 aliphatic heterocycles. The number of methoxy groups -OCH3 is 1. The summed E-state index contributed by atoms with van der Waals surface area (Å²) in [6.07, 6.45) is 1.66. The lowest BCUT2D eigenvalue weighted by atomic mass is 9.95. The molecule has 1 aromatic heterocycles. The van der Waals surface area contributed by atoms with E-state index < -0.39 is 23.8 Å². The fraction of sp³-hybridized carbons (Fsp3) is 0.281. The molecule has 3 aliphatic rings. The molecule has 0 unspecified atom stereocenters. The molecule has 2 amide bonds. The molecular formula is C32H28ClFN6O5S. The number of amidine groups is 1. The normalized spacial score (nSPS) is 19.6. The van der Waals surface area contributed by atoms with Crippen LogP contribution in [0.2, 0.25) is 5.02 Å². The summed E-state index contributed by atoms with van der Waals surface area (Å²) in [5, 5.41) is 15.1. The van der Waals surface area contributed by atoms with Crippen molar-refractivity contribution in [1.29, 1.82) is 0 Å². The first-order valence-electron chi connectivity index (χ1n) is 14.3. The van der Waals surface area contributed by atoms with Gasteiger partial charge in [0.15, 0.2) is 10.8 Å². The number of aromatic carboxylic acids is 1. The van der Waals surface area contributed by atoms with E-state index in [0.717, 1.165) is 0 Å². The summed E-state index contributed by atoms with van der Waals surface area (Å²) < 4.78 is 19.1. The molecule has 4 heterocycles. The van der Waals surface area contributed by atoms with E-state index >= 15 is 0 Å². The molecule has 0 radical (unpaired) electrons. The van der Waals surface area contributed by atoms with Gasteiger partial charge in [0.2, 0.25) is 0 Å². The fourth-order valence-corrected chi connectivity index (χ4v) is 6.63. The SMILES string of the molecule is COC(=O)C1=C(CN2CCN3C(=O)N(CC#Cc4cccc(C(=O)O)c4)C[C@@H]3C2)NC(c2nccs2)=N[C@H]1c1ccc(F)cc1Cl. The van der Waals surface area contributed by atoms with Crippen LogP contribution in [0.3, 0.4) is 0 Å². The number of rotatable bonds is 7. The summed E-state index contributed by atoms with van der Waals surface area (Å²) >= 11 is 7.84. The molecule has 0 spiro atoms. The highest BCUT2D eigenvalue weighted by atomic mass is 35.5. The van der Waals surface area contributed by atoms with Crippen molar-refractivity contribution in [3.05, 3.63) is 97.8 Å². The van der Waals surface area contributed by atoms with Crippen LogP contribution in [-0.2, 0) is 9.53 Å². The van der Waals surface area contributed by atoms with Gasteiger partial charge in [-0.05, 0) is 30.3 Å². The Morgan fingerprint density at radius 2 is 2.07 bits per heavy atom. The monoisotopic (exact) mass is 662 g/mol. The number of carboxylic acid groups (broad SMARTS) is 1. The predicted octanol–water partition coefficient (Wildman–Crippen LogP) is 3.63. The third kappa shape index (κ3) is 6.46. The first kappa shape index (κ1) is 31.2. The third-order valence-corrected chi connectivity index (χ3v) is 9.04. The number of ether oxygens (including phenoxy) is 1. The molecule has 0 saturated carbocycles. The summed E-state index contributed by atoms with van der Waals surface area (Å²) in [5.41, 5.74) is 1.98. The molecule has 6 rings (SSSR count). The molecule has 11 nitrogen and oxygen atoms in total. The number of nitrogens with one attached hydrogen (secondary N) is 1. The van der Waals surface area contributed by atoms with E-state index in [1.165, 1.54) is 48.8 Å². The highest BCUT2D eigenvalue weighted by molar-refractivity contribution is 7.11. The predicted molar refractivity (Wildman–Crippen MR) is 169 cm³/mol. The van der Waals surface area contributed by atoms with E-state index in [1.54, 1.807) is 23.2 Å². The molecule has 0 aliphatic carbocycles. The van der Waals surface area contributed by atoms with E-state index in [-0.39, 0.29) is 34.8 Å². The fourth-order valence-electron chi connectivity index (χ4n) is 5.78. The lowest BCUT2D eigenvalue weighted by Gasteiger charge is -2.38. The van der Waals surface area contributed by atoms with E-state index in [2.05, 4.69) is 27.0 Å². The molecular weight excluding hydrogens is 635 g/mol. The number of aromatic nitrogens is 1. The van der Waals surface area contributed by atoms with Gasteiger partial charge in [0.1, 0.15) is 11.9 Å². The van der Waals surface area contributed by atoms with Gasteiger partial charge in [-0.1, -0.05) is 35.6 Å².